The Morgan fingerprint density at radius 1 is 1.16 bits per heavy atom. The number of hydrogen-bond acceptors (Lipinski definition) is 9. The van der Waals surface area contributed by atoms with Gasteiger partial charge in [0.1, 0.15) is 11.1 Å². The Morgan fingerprint density at radius 3 is 2.70 bits per heavy atom. The number of ether oxygens (including phenoxy) is 1. The number of nitriles is 1. The van der Waals surface area contributed by atoms with Crippen molar-refractivity contribution in [3.63, 3.8) is 0 Å². The second-order valence-electron chi connectivity index (χ2n) is 8.21. The average Bonchev–Trinajstić information content (AvgIpc) is 3.54. The minimum atomic E-state index is -4.21. The van der Waals surface area contributed by atoms with Crippen LogP contribution in [0, 0.1) is 11.3 Å². The van der Waals surface area contributed by atoms with Gasteiger partial charge in [0, 0.05) is 10.4 Å². The van der Waals surface area contributed by atoms with Crippen LogP contribution in [0.2, 0.25) is 0 Å². The first-order chi connectivity index (χ1) is 17.9. The van der Waals surface area contributed by atoms with Crippen LogP contribution in [0.3, 0.4) is 0 Å². The van der Waals surface area contributed by atoms with Gasteiger partial charge in [0.2, 0.25) is 5.88 Å². The van der Waals surface area contributed by atoms with Crippen LogP contribution < -0.4 is 14.8 Å². The van der Waals surface area contributed by atoms with E-state index < -0.39 is 15.9 Å². The second kappa shape index (κ2) is 10.0. The zero-order valence-electron chi connectivity index (χ0n) is 19.6. The number of amides is 1. The molecule has 0 spiro atoms. The Labute approximate surface area is 217 Å². The fraction of sp³-hybridized carbons (Fsp3) is 0.200. The largest absolute Gasteiger partial charge is 0.480 e. The molecule has 1 aliphatic carbocycles. The lowest BCUT2D eigenvalue weighted by Gasteiger charge is -2.12. The van der Waals surface area contributed by atoms with E-state index >= 15 is 0 Å². The van der Waals surface area contributed by atoms with Crippen molar-refractivity contribution < 1.29 is 22.4 Å². The summed E-state index contributed by atoms with van der Waals surface area (Å²) in [5.74, 6) is -0.617. The second-order valence-corrected chi connectivity index (χ2v) is 11.0. The minimum Gasteiger partial charge on any atom is -0.480 e. The molecule has 0 atom stereocenters. The van der Waals surface area contributed by atoms with Crippen molar-refractivity contribution in [2.75, 3.05) is 17.1 Å². The lowest BCUT2D eigenvalue weighted by atomic mass is 9.96. The summed E-state index contributed by atoms with van der Waals surface area (Å²) in [5, 5.41) is 12.5. The van der Waals surface area contributed by atoms with Gasteiger partial charge in [0.25, 0.3) is 15.9 Å². The number of nitrogens with one attached hydrogen (secondary N) is 2. The first-order valence-electron chi connectivity index (χ1n) is 11.3. The quantitative estimate of drug-likeness (QED) is 0.349. The maximum absolute atomic E-state index is 13.4. The molecular formula is C25H21N5O5S2. The molecule has 37 heavy (non-hydrogen) atoms. The van der Waals surface area contributed by atoms with E-state index in [1.54, 1.807) is 0 Å². The van der Waals surface area contributed by atoms with Gasteiger partial charge in [-0.25, -0.2) is 18.4 Å². The van der Waals surface area contributed by atoms with E-state index in [0.29, 0.717) is 11.3 Å². The van der Waals surface area contributed by atoms with Gasteiger partial charge >= 0.3 is 5.91 Å². The monoisotopic (exact) mass is 535 g/mol. The number of anilines is 2. The molecule has 3 heterocycles. The molecule has 0 unspecified atom stereocenters. The van der Waals surface area contributed by atoms with Crippen LogP contribution in [0.5, 0.6) is 5.88 Å². The van der Waals surface area contributed by atoms with E-state index in [9.17, 15) is 18.5 Å². The summed E-state index contributed by atoms with van der Waals surface area (Å²) in [7, 11) is -2.92. The lowest BCUT2D eigenvalue weighted by Crippen LogP contribution is -2.17. The highest BCUT2D eigenvalue weighted by Crippen LogP contribution is 2.39. The Hall–Kier alpha value is -4.21. The molecular weight excluding hydrogens is 514 g/mol. The maximum atomic E-state index is 13.4. The molecule has 3 aromatic heterocycles. The third-order valence-corrected chi connectivity index (χ3v) is 8.51. The molecule has 0 saturated carbocycles. The molecule has 188 valence electrons. The maximum Gasteiger partial charge on any atom is 0.311 e. The van der Waals surface area contributed by atoms with Gasteiger partial charge in [-0.05, 0) is 37.3 Å². The van der Waals surface area contributed by atoms with E-state index in [-0.39, 0.29) is 27.4 Å². The molecule has 2 N–H and O–H groups in total. The molecule has 12 heteroatoms. The number of thiophene rings is 1. The predicted molar refractivity (Wildman–Crippen MR) is 137 cm³/mol. The van der Waals surface area contributed by atoms with Crippen LogP contribution >= 0.6 is 11.3 Å². The van der Waals surface area contributed by atoms with Crippen LogP contribution in [-0.2, 0) is 22.9 Å². The number of fused-ring (bicyclic) bond motifs is 1. The van der Waals surface area contributed by atoms with Crippen molar-refractivity contribution in [2.24, 2.45) is 0 Å². The van der Waals surface area contributed by atoms with E-state index in [2.05, 4.69) is 26.1 Å². The summed E-state index contributed by atoms with van der Waals surface area (Å²) >= 11 is 1.27. The van der Waals surface area contributed by atoms with Gasteiger partial charge < -0.3 is 14.5 Å². The number of carbonyl (C=O) groups is 1. The van der Waals surface area contributed by atoms with Crippen LogP contribution in [-0.4, -0.2) is 31.4 Å². The van der Waals surface area contributed by atoms with Crippen LogP contribution in [0.1, 0.15) is 39.5 Å². The summed E-state index contributed by atoms with van der Waals surface area (Å²) in [5.41, 5.74) is 2.10. The standard InChI is InChI=1S/C25H21N5O5S2/c1-34-23-21(37(32,33)30-25-18(12-26)17-9-5-6-10-20(17)36-25)11-16(13-27-23)29-22(31)24-28-14-19(35-24)15-7-3-2-4-8-15/h2-4,7-8,11,13-14,30H,5-6,9-10H2,1H3,(H,29,31). The van der Waals surface area contributed by atoms with E-state index in [4.69, 9.17) is 9.15 Å². The Balaban J connectivity index is 1.41. The smallest absolute Gasteiger partial charge is 0.311 e. The zero-order chi connectivity index (χ0) is 26.0. The van der Waals surface area contributed by atoms with Crippen molar-refractivity contribution >= 4 is 38.0 Å². The Bertz CT molecular complexity index is 1620. The third kappa shape index (κ3) is 4.91. The molecule has 0 aliphatic heterocycles. The number of pyridine rings is 1. The molecule has 10 nitrogen and oxygen atoms in total. The van der Waals surface area contributed by atoms with Gasteiger partial charge in [-0.15, -0.1) is 11.3 Å². The first-order valence-corrected chi connectivity index (χ1v) is 13.6. The summed E-state index contributed by atoms with van der Waals surface area (Å²) in [6, 6.07) is 12.5. The highest BCUT2D eigenvalue weighted by Gasteiger charge is 2.27. The van der Waals surface area contributed by atoms with E-state index in [1.807, 2.05) is 30.3 Å². The summed E-state index contributed by atoms with van der Waals surface area (Å²) in [6.45, 7) is 0. The highest BCUT2D eigenvalue weighted by molar-refractivity contribution is 7.93. The fourth-order valence-corrected chi connectivity index (χ4v) is 6.77. The van der Waals surface area contributed by atoms with Gasteiger partial charge in [0.15, 0.2) is 10.7 Å². The molecule has 1 aromatic carbocycles. The lowest BCUT2D eigenvalue weighted by molar-refractivity contribution is 0.0991. The number of methoxy groups -OCH3 is 1. The van der Waals surface area contributed by atoms with Crippen LogP contribution in [0.25, 0.3) is 11.3 Å². The molecule has 0 bridgehead atoms. The van der Waals surface area contributed by atoms with E-state index in [0.717, 1.165) is 41.7 Å². The minimum absolute atomic E-state index is 0.0941. The molecule has 4 aromatic rings. The Morgan fingerprint density at radius 2 is 1.95 bits per heavy atom. The predicted octanol–water partition coefficient (Wildman–Crippen LogP) is 4.61. The normalized spacial score (nSPS) is 12.9. The molecule has 0 saturated heterocycles. The van der Waals surface area contributed by atoms with Gasteiger partial charge in [-0.2, -0.15) is 5.26 Å². The number of carbonyl (C=O) groups excluding carboxylic acids is 1. The van der Waals surface area contributed by atoms with Crippen LogP contribution in [0.15, 0.2) is 58.1 Å². The third-order valence-electron chi connectivity index (χ3n) is 5.83. The molecule has 0 radical (unpaired) electrons. The van der Waals surface area contributed by atoms with Gasteiger partial charge in [0.05, 0.1) is 30.8 Å². The first kappa shape index (κ1) is 24.5. The van der Waals surface area contributed by atoms with Gasteiger partial charge in [-0.3, -0.25) is 9.52 Å². The van der Waals surface area contributed by atoms with Crippen molar-refractivity contribution in [1.29, 1.82) is 5.26 Å². The Kier molecular flexibility index (Phi) is 6.64. The summed E-state index contributed by atoms with van der Waals surface area (Å²) in [6.07, 6.45) is 6.22. The zero-order valence-corrected chi connectivity index (χ0v) is 21.3. The molecule has 1 aliphatic rings. The molecule has 5 rings (SSSR count). The summed E-state index contributed by atoms with van der Waals surface area (Å²) < 4.78 is 40.0. The van der Waals surface area contributed by atoms with Crippen molar-refractivity contribution in [3.8, 4) is 23.3 Å². The molecule has 1 amide bonds. The number of benzene rings is 1. The number of hydrogen-bond donors (Lipinski definition) is 2. The number of nitrogens with zero attached hydrogens (tertiary/aromatic N) is 3. The van der Waals surface area contributed by atoms with Crippen molar-refractivity contribution in [1.82, 2.24) is 9.97 Å². The molecule has 0 fully saturated rings. The highest BCUT2D eigenvalue weighted by atomic mass is 32.2. The fourth-order valence-electron chi connectivity index (χ4n) is 4.08. The SMILES string of the molecule is COc1ncc(NC(=O)c2ncc(-c3ccccc3)o2)cc1S(=O)(=O)Nc1sc2c(c1C#N)CCCC2. The number of oxazole rings is 1. The number of aryl methyl sites for hydroxylation is 1. The number of aromatic nitrogens is 2. The van der Waals surface area contributed by atoms with Crippen LogP contribution in [0.4, 0.5) is 10.7 Å². The van der Waals surface area contributed by atoms with Gasteiger partial charge in [-0.1, -0.05) is 30.3 Å². The van der Waals surface area contributed by atoms with Crippen molar-refractivity contribution in [2.45, 2.75) is 30.6 Å². The topological polar surface area (TPSA) is 147 Å². The summed E-state index contributed by atoms with van der Waals surface area (Å²) in [4.78, 5) is 21.5. The van der Waals surface area contributed by atoms with E-state index in [1.165, 1.54) is 36.9 Å². The average molecular weight is 536 g/mol. The number of rotatable bonds is 7. The van der Waals surface area contributed by atoms with Crippen molar-refractivity contribution in [3.05, 3.63) is 70.7 Å². The number of sulfonamides is 1.